The lowest BCUT2D eigenvalue weighted by atomic mass is 10.0. The third-order valence-corrected chi connectivity index (χ3v) is 3.84. The second-order valence-corrected chi connectivity index (χ2v) is 6.01. The molecule has 0 fully saturated rings. The summed E-state index contributed by atoms with van der Waals surface area (Å²) in [5.74, 6) is -0.177. The van der Waals surface area contributed by atoms with Crippen LogP contribution >= 0.6 is 0 Å². The molecule has 0 heterocycles. The second-order valence-electron chi connectivity index (χ2n) is 4.44. The van der Waals surface area contributed by atoms with Crippen molar-refractivity contribution in [1.29, 1.82) is 0 Å². The van der Waals surface area contributed by atoms with Gasteiger partial charge in [-0.3, -0.25) is 4.79 Å². The summed E-state index contributed by atoms with van der Waals surface area (Å²) in [5, 5.41) is 5.10. The maximum absolute atomic E-state index is 12.3. The van der Waals surface area contributed by atoms with Crippen molar-refractivity contribution in [3.63, 3.8) is 0 Å². The molecule has 5 nitrogen and oxygen atoms in total. The molecule has 0 saturated heterocycles. The minimum Gasteiger partial charge on any atom is -0.342 e. The van der Waals surface area contributed by atoms with Crippen LogP contribution in [0.5, 0.6) is 0 Å². The van der Waals surface area contributed by atoms with Crippen molar-refractivity contribution < 1.29 is 13.2 Å². The van der Waals surface area contributed by atoms with E-state index in [1.54, 1.807) is 18.0 Å². The van der Waals surface area contributed by atoms with Crippen LogP contribution in [-0.2, 0) is 16.4 Å². The second kappa shape index (κ2) is 6.16. The third kappa shape index (κ3) is 3.78. The number of amides is 1. The smallest absolute Gasteiger partial charge is 0.253 e. The maximum atomic E-state index is 12.3. The van der Waals surface area contributed by atoms with E-state index in [0.29, 0.717) is 18.5 Å². The van der Waals surface area contributed by atoms with Crippen molar-refractivity contribution in [2.75, 3.05) is 13.6 Å². The van der Waals surface area contributed by atoms with Gasteiger partial charge in [-0.2, -0.15) is 0 Å². The molecule has 0 atom stereocenters. The number of nitrogens with zero attached hydrogens (tertiary/aromatic N) is 1. The number of rotatable bonds is 5. The van der Waals surface area contributed by atoms with Gasteiger partial charge in [-0.1, -0.05) is 19.9 Å². The summed E-state index contributed by atoms with van der Waals surface area (Å²) in [6.45, 7) is 4.52. The topological polar surface area (TPSA) is 80.5 Å². The predicted octanol–water partition coefficient (Wildman–Crippen LogP) is 1.38. The first-order chi connectivity index (χ1) is 8.81. The van der Waals surface area contributed by atoms with Crippen molar-refractivity contribution in [3.8, 4) is 0 Å². The summed E-state index contributed by atoms with van der Waals surface area (Å²) in [7, 11) is -2.09. The lowest BCUT2D eigenvalue weighted by molar-refractivity contribution is 0.0794. The summed E-state index contributed by atoms with van der Waals surface area (Å²) in [4.78, 5) is 13.8. The molecule has 1 amide bonds. The largest absolute Gasteiger partial charge is 0.342 e. The predicted molar refractivity (Wildman–Crippen MR) is 74.4 cm³/mol. The van der Waals surface area contributed by atoms with Crippen molar-refractivity contribution in [2.24, 2.45) is 5.14 Å². The molecule has 106 valence electrons. The first-order valence-electron chi connectivity index (χ1n) is 6.22. The van der Waals surface area contributed by atoms with E-state index in [1.165, 1.54) is 12.1 Å². The molecule has 0 unspecified atom stereocenters. The highest BCUT2D eigenvalue weighted by atomic mass is 32.2. The van der Waals surface area contributed by atoms with Gasteiger partial charge < -0.3 is 4.90 Å². The van der Waals surface area contributed by atoms with E-state index in [2.05, 4.69) is 0 Å². The number of carbonyl (C=O) groups excluding carboxylic acids is 1. The highest BCUT2D eigenvalue weighted by Crippen LogP contribution is 2.17. The number of aryl methyl sites for hydroxylation is 1. The quantitative estimate of drug-likeness (QED) is 0.887. The lowest BCUT2D eigenvalue weighted by Gasteiger charge is -2.18. The molecular formula is C13H20N2O3S. The fourth-order valence-corrected chi connectivity index (χ4v) is 2.42. The average molecular weight is 284 g/mol. The molecule has 0 aliphatic heterocycles. The van der Waals surface area contributed by atoms with Crippen LogP contribution in [0.3, 0.4) is 0 Å². The summed E-state index contributed by atoms with van der Waals surface area (Å²) in [6.07, 6.45) is 1.50. The number of sulfonamides is 1. The van der Waals surface area contributed by atoms with E-state index in [9.17, 15) is 13.2 Å². The molecular weight excluding hydrogens is 264 g/mol. The van der Waals surface area contributed by atoms with E-state index in [4.69, 9.17) is 5.14 Å². The van der Waals surface area contributed by atoms with Crippen molar-refractivity contribution in [1.82, 2.24) is 4.90 Å². The number of hydrogen-bond donors (Lipinski definition) is 1. The maximum Gasteiger partial charge on any atom is 0.253 e. The first kappa shape index (κ1) is 15.7. The van der Waals surface area contributed by atoms with Gasteiger partial charge in [0, 0.05) is 19.2 Å². The van der Waals surface area contributed by atoms with Crippen LogP contribution < -0.4 is 5.14 Å². The SMILES string of the molecule is CCCN(C)C(=O)c1cc(S(N)(=O)=O)ccc1CC. The Bertz CT molecular complexity index is 567. The molecule has 2 N–H and O–H groups in total. The highest BCUT2D eigenvalue weighted by Gasteiger charge is 2.18. The molecule has 0 saturated carbocycles. The average Bonchev–Trinajstić information content (AvgIpc) is 2.36. The van der Waals surface area contributed by atoms with Crippen LogP contribution in [0.15, 0.2) is 23.1 Å². The van der Waals surface area contributed by atoms with E-state index in [1.807, 2.05) is 13.8 Å². The molecule has 19 heavy (non-hydrogen) atoms. The van der Waals surface area contributed by atoms with Gasteiger partial charge in [0.15, 0.2) is 0 Å². The Morgan fingerprint density at radius 2 is 1.95 bits per heavy atom. The lowest BCUT2D eigenvalue weighted by Crippen LogP contribution is -2.28. The summed E-state index contributed by atoms with van der Waals surface area (Å²) in [5.41, 5.74) is 1.23. The molecule has 0 aromatic heterocycles. The first-order valence-corrected chi connectivity index (χ1v) is 7.77. The third-order valence-electron chi connectivity index (χ3n) is 2.93. The van der Waals surface area contributed by atoms with E-state index < -0.39 is 10.0 Å². The van der Waals surface area contributed by atoms with Gasteiger partial charge in [0.1, 0.15) is 0 Å². The molecule has 6 heteroatoms. The number of primary sulfonamides is 1. The van der Waals surface area contributed by atoms with Gasteiger partial charge in [0.05, 0.1) is 4.90 Å². The molecule has 0 bridgehead atoms. The van der Waals surface area contributed by atoms with Gasteiger partial charge in [-0.25, -0.2) is 13.6 Å². The molecule has 0 aliphatic carbocycles. The van der Waals surface area contributed by atoms with Crippen LogP contribution in [0.25, 0.3) is 0 Å². The van der Waals surface area contributed by atoms with Gasteiger partial charge in [0.2, 0.25) is 10.0 Å². The Kier molecular flexibility index (Phi) is 5.08. The highest BCUT2D eigenvalue weighted by molar-refractivity contribution is 7.89. The van der Waals surface area contributed by atoms with E-state index in [0.717, 1.165) is 12.0 Å². The van der Waals surface area contributed by atoms with Crippen molar-refractivity contribution >= 4 is 15.9 Å². The van der Waals surface area contributed by atoms with Crippen LogP contribution in [0.4, 0.5) is 0 Å². The van der Waals surface area contributed by atoms with Crippen LogP contribution in [-0.4, -0.2) is 32.8 Å². The molecule has 1 rings (SSSR count). The Balaban J connectivity index is 3.27. The number of nitrogens with two attached hydrogens (primary N) is 1. The summed E-state index contributed by atoms with van der Waals surface area (Å²) >= 11 is 0. The zero-order chi connectivity index (χ0) is 14.6. The fraction of sp³-hybridized carbons (Fsp3) is 0.462. The minimum atomic E-state index is -3.79. The minimum absolute atomic E-state index is 0.0297. The Morgan fingerprint density at radius 3 is 2.42 bits per heavy atom. The van der Waals surface area contributed by atoms with Gasteiger partial charge >= 0.3 is 0 Å². The number of hydrogen-bond acceptors (Lipinski definition) is 3. The zero-order valence-corrected chi connectivity index (χ0v) is 12.3. The Labute approximate surface area is 114 Å². The van der Waals surface area contributed by atoms with E-state index in [-0.39, 0.29) is 10.8 Å². The molecule has 1 aromatic rings. The molecule has 0 aliphatic rings. The van der Waals surface area contributed by atoms with Crippen LogP contribution in [0.1, 0.15) is 36.2 Å². The van der Waals surface area contributed by atoms with Gasteiger partial charge in [-0.05, 0) is 30.5 Å². The molecule has 1 aromatic carbocycles. The summed E-state index contributed by atoms with van der Waals surface area (Å²) < 4.78 is 22.7. The van der Waals surface area contributed by atoms with Gasteiger partial charge in [-0.15, -0.1) is 0 Å². The van der Waals surface area contributed by atoms with Crippen LogP contribution in [0, 0.1) is 0 Å². The fourth-order valence-electron chi connectivity index (χ4n) is 1.88. The molecule has 0 radical (unpaired) electrons. The standard InChI is InChI=1S/C13H20N2O3S/c1-4-8-15(3)13(16)12-9-11(19(14,17)18)7-6-10(12)5-2/h6-7,9H,4-5,8H2,1-3H3,(H2,14,17,18). The number of benzene rings is 1. The van der Waals surface area contributed by atoms with Gasteiger partial charge in [0.25, 0.3) is 5.91 Å². The van der Waals surface area contributed by atoms with Crippen molar-refractivity contribution in [2.45, 2.75) is 31.6 Å². The summed E-state index contributed by atoms with van der Waals surface area (Å²) in [6, 6.07) is 4.44. The Hall–Kier alpha value is -1.40. The monoisotopic (exact) mass is 284 g/mol. The normalized spacial score (nSPS) is 11.4. The number of carbonyl (C=O) groups is 1. The molecule has 0 spiro atoms. The van der Waals surface area contributed by atoms with Crippen molar-refractivity contribution in [3.05, 3.63) is 29.3 Å². The van der Waals surface area contributed by atoms with Crippen LogP contribution in [0.2, 0.25) is 0 Å². The van der Waals surface area contributed by atoms with E-state index >= 15 is 0 Å². The Morgan fingerprint density at radius 1 is 1.32 bits per heavy atom. The zero-order valence-electron chi connectivity index (χ0n) is 11.5.